The van der Waals surface area contributed by atoms with Crippen LogP contribution in [0.2, 0.25) is 5.02 Å². The van der Waals surface area contributed by atoms with Gasteiger partial charge >= 0.3 is 0 Å². The summed E-state index contributed by atoms with van der Waals surface area (Å²) in [4.78, 5) is 15.4. The van der Waals surface area contributed by atoms with Crippen LogP contribution in [0.25, 0.3) is 0 Å². The number of hydrogen-bond donors (Lipinski definition) is 2. The van der Waals surface area contributed by atoms with Gasteiger partial charge in [0.15, 0.2) is 0 Å². The first-order chi connectivity index (χ1) is 18.9. The molecule has 0 radical (unpaired) electrons. The van der Waals surface area contributed by atoms with Crippen molar-refractivity contribution in [3.8, 4) is 0 Å². The number of nitrogens with zero attached hydrogens (tertiary/aromatic N) is 1. The van der Waals surface area contributed by atoms with Crippen molar-refractivity contribution in [3.05, 3.63) is 105 Å². The van der Waals surface area contributed by atoms with Gasteiger partial charge in [0, 0.05) is 49.9 Å². The fraction of sp³-hybridized carbons (Fsp3) is 0.424. The average molecular weight is 549 g/mol. The number of aliphatic hydroxyl groups is 1. The van der Waals surface area contributed by atoms with Gasteiger partial charge in [0.25, 0.3) is 5.91 Å². The molecule has 1 heterocycles. The Balaban J connectivity index is 1.66. The lowest BCUT2D eigenvalue weighted by Crippen LogP contribution is -2.48. The first-order valence-electron chi connectivity index (χ1n) is 14.0. The fourth-order valence-electron chi connectivity index (χ4n) is 5.89. The number of carbonyl (C=O) groups is 1. The number of halogens is 1. The second kappa shape index (κ2) is 13.6. The van der Waals surface area contributed by atoms with Gasteiger partial charge in [0.2, 0.25) is 0 Å². The molecule has 6 heteroatoms. The number of amides is 1. The summed E-state index contributed by atoms with van der Waals surface area (Å²) in [7, 11) is 1.70. The molecule has 1 unspecified atom stereocenters. The van der Waals surface area contributed by atoms with Gasteiger partial charge in [-0.05, 0) is 85.9 Å². The van der Waals surface area contributed by atoms with Crippen molar-refractivity contribution >= 4 is 17.5 Å². The number of piperidine rings is 1. The predicted octanol–water partition coefficient (Wildman–Crippen LogP) is 6.25. The molecule has 0 aliphatic carbocycles. The van der Waals surface area contributed by atoms with Crippen LogP contribution in [0.5, 0.6) is 0 Å². The summed E-state index contributed by atoms with van der Waals surface area (Å²) < 4.78 is 5.29. The van der Waals surface area contributed by atoms with Crippen LogP contribution in [0.4, 0.5) is 0 Å². The topological polar surface area (TPSA) is 75.8 Å². The van der Waals surface area contributed by atoms with Crippen LogP contribution >= 0.6 is 11.6 Å². The minimum absolute atomic E-state index is 0.00363. The minimum atomic E-state index is -1.12. The SMILES string of the molecule is COCCCC[C@@](O)(c1cccc(Cl)c1Cc1cccc(C)c1)C1CCCN(C(=O)c2ccc(CN)cc2)C1. The first kappa shape index (κ1) is 29.3. The molecule has 0 bridgehead atoms. The molecule has 0 aromatic heterocycles. The standard InChI is InChI=1S/C33H41ClN2O3/c1-24-8-5-9-26(20-24)21-29-30(11-6-12-31(29)34)33(38,17-3-4-19-39-2)28-10-7-18-36(23-28)32(37)27-15-13-25(22-35)14-16-27/h5-6,8-9,11-16,20,28,38H,3-4,7,10,17-19,21-23,35H2,1-2H3/t28?,33-/m0/s1. The Hall–Kier alpha value is -2.70. The molecule has 5 nitrogen and oxygen atoms in total. The molecule has 0 spiro atoms. The molecule has 1 saturated heterocycles. The third kappa shape index (κ3) is 7.09. The maximum Gasteiger partial charge on any atom is 0.253 e. The number of unbranched alkanes of at least 4 members (excludes halogenated alkanes) is 1. The van der Waals surface area contributed by atoms with Gasteiger partial charge in [0.05, 0.1) is 5.60 Å². The van der Waals surface area contributed by atoms with Crippen LogP contribution in [-0.4, -0.2) is 42.7 Å². The minimum Gasteiger partial charge on any atom is -0.385 e. The number of nitrogens with two attached hydrogens (primary N) is 1. The Kier molecular flexibility index (Phi) is 10.2. The lowest BCUT2D eigenvalue weighted by Gasteiger charge is -2.44. The van der Waals surface area contributed by atoms with E-state index >= 15 is 0 Å². The molecule has 39 heavy (non-hydrogen) atoms. The number of ether oxygens (including phenoxy) is 1. The molecule has 1 amide bonds. The van der Waals surface area contributed by atoms with Gasteiger partial charge in [-0.2, -0.15) is 0 Å². The number of aryl methyl sites for hydroxylation is 1. The van der Waals surface area contributed by atoms with E-state index in [4.69, 9.17) is 22.1 Å². The number of hydrogen-bond acceptors (Lipinski definition) is 4. The smallest absolute Gasteiger partial charge is 0.253 e. The zero-order valence-corrected chi connectivity index (χ0v) is 23.9. The van der Waals surface area contributed by atoms with Crippen LogP contribution in [0, 0.1) is 12.8 Å². The highest BCUT2D eigenvalue weighted by Crippen LogP contribution is 2.43. The molecule has 1 fully saturated rings. The first-order valence-corrected chi connectivity index (χ1v) is 14.4. The summed E-state index contributed by atoms with van der Waals surface area (Å²) in [6.45, 7) is 4.35. The number of carbonyl (C=O) groups excluding carboxylic acids is 1. The van der Waals surface area contributed by atoms with E-state index < -0.39 is 5.60 Å². The van der Waals surface area contributed by atoms with E-state index in [1.807, 2.05) is 47.4 Å². The number of likely N-dealkylation sites (tertiary alicyclic amines) is 1. The quantitative estimate of drug-likeness (QED) is 0.277. The molecule has 4 rings (SSSR count). The van der Waals surface area contributed by atoms with E-state index in [0.717, 1.165) is 47.9 Å². The molecule has 3 aromatic carbocycles. The van der Waals surface area contributed by atoms with Gasteiger partial charge in [0.1, 0.15) is 0 Å². The van der Waals surface area contributed by atoms with Crippen molar-refractivity contribution in [1.82, 2.24) is 4.90 Å². The third-order valence-corrected chi connectivity index (χ3v) is 8.38. The van der Waals surface area contributed by atoms with Gasteiger partial charge in [-0.25, -0.2) is 0 Å². The van der Waals surface area contributed by atoms with Gasteiger partial charge < -0.3 is 20.5 Å². The molecule has 0 saturated carbocycles. The summed E-state index contributed by atoms with van der Waals surface area (Å²) in [5.74, 6) is -0.119. The maximum atomic E-state index is 13.5. The molecule has 1 aliphatic rings. The highest BCUT2D eigenvalue weighted by atomic mass is 35.5. The highest BCUT2D eigenvalue weighted by Gasteiger charge is 2.42. The van der Waals surface area contributed by atoms with E-state index in [9.17, 15) is 9.90 Å². The summed E-state index contributed by atoms with van der Waals surface area (Å²) in [6.07, 6.45) is 4.56. The molecular formula is C33H41ClN2O3. The van der Waals surface area contributed by atoms with Crippen molar-refractivity contribution in [2.75, 3.05) is 26.8 Å². The van der Waals surface area contributed by atoms with Crippen LogP contribution < -0.4 is 5.73 Å². The monoisotopic (exact) mass is 548 g/mol. The fourth-order valence-corrected chi connectivity index (χ4v) is 6.13. The highest BCUT2D eigenvalue weighted by molar-refractivity contribution is 6.31. The van der Waals surface area contributed by atoms with E-state index in [0.29, 0.717) is 49.7 Å². The van der Waals surface area contributed by atoms with E-state index in [1.54, 1.807) is 7.11 Å². The zero-order chi connectivity index (χ0) is 27.8. The Morgan fingerprint density at radius 1 is 1.10 bits per heavy atom. The lowest BCUT2D eigenvalue weighted by atomic mass is 9.72. The van der Waals surface area contributed by atoms with Crippen molar-refractivity contribution in [2.24, 2.45) is 11.7 Å². The summed E-state index contributed by atoms with van der Waals surface area (Å²) in [6, 6.07) is 21.8. The zero-order valence-electron chi connectivity index (χ0n) is 23.2. The van der Waals surface area contributed by atoms with Crippen LogP contribution in [0.3, 0.4) is 0 Å². The van der Waals surface area contributed by atoms with Crippen LogP contribution in [0.15, 0.2) is 66.7 Å². The van der Waals surface area contributed by atoms with Gasteiger partial charge in [-0.3, -0.25) is 4.79 Å². The summed E-state index contributed by atoms with van der Waals surface area (Å²) in [5.41, 5.74) is 10.4. The van der Waals surface area contributed by atoms with Crippen molar-refractivity contribution < 1.29 is 14.6 Å². The average Bonchev–Trinajstić information content (AvgIpc) is 2.96. The predicted molar refractivity (Wildman–Crippen MR) is 158 cm³/mol. The molecule has 3 aromatic rings. The molecule has 208 valence electrons. The Morgan fingerprint density at radius 3 is 2.59 bits per heavy atom. The molecular weight excluding hydrogens is 508 g/mol. The summed E-state index contributed by atoms with van der Waals surface area (Å²) in [5, 5.41) is 13.3. The normalized spacial score (nSPS) is 17.2. The Morgan fingerprint density at radius 2 is 1.87 bits per heavy atom. The number of methoxy groups -OCH3 is 1. The second-order valence-electron chi connectivity index (χ2n) is 10.8. The summed E-state index contributed by atoms with van der Waals surface area (Å²) >= 11 is 6.83. The van der Waals surface area contributed by atoms with Crippen LogP contribution in [0.1, 0.15) is 70.3 Å². The Bertz CT molecular complexity index is 1250. The second-order valence-corrected chi connectivity index (χ2v) is 11.2. The third-order valence-electron chi connectivity index (χ3n) is 8.03. The van der Waals surface area contributed by atoms with Gasteiger partial charge in [-0.15, -0.1) is 0 Å². The maximum absolute atomic E-state index is 13.5. The van der Waals surface area contributed by atoms with E-state index in [1.165, 1.54) is 5.56 Å². The lowest BCUT2D eigenvalue weighted by molar-refractivity contribution is -0.0583. The van der Waals surface area contributed by atoms with Crippen LogP contribution in [-0.2, 0) is 23.3 Å². The van der Waals surface area contributed by atoms with E-state index in [2.05, 4.69) is 31.2 Å². The van der Waals surface area contributed by atoms with Crippen molar-refractivity contribution in [2.45, 2.75) is 57.6 Å². The van der Waals surface area contributed by atoms with E-state index in [-0.39, 0.29) is 11.8 Å². The Labute approximate surface area is 237 Å². The number of benzene rings is 3. The van der Waals surface area contributed by atoms with Crippen molar-refractivity contribution in [1.29, 1.82) is 0 Å². The molecule has 2 atom stereocenters. The largest absolute Gasteiger partial charge is 0.385 e. The number of rotatable bonds is 11. The van der Waals surface area contributed by atoms with Gasteiger partial charge in [-0.1, -0.05) is 65.7 Å². The molecule has 1 aliphatic heterocycles. The van der Waals surface area contributed by atoms with Crippen molar-refractivity contribution in [3.63, 3.8) is 0 Å². The molecule has 3 N–H and O–H groups in total.